The first-order valence-electron chi connectivity index (χ1n) is 6.84. The standard InChI is InChI=1S/C15H23NO3/c1-5-8-18-13-9-12(10-16-11-13)14(17)15(4,6-2)19-7-3/h9-11H,5-8H2,1-4H3. The highest BCUT2D eigenvalue weighted by atomic mass is 16.5. The molecule has 1 aromatic heterocycles. The molecule has 0 aliphatic heterocycles. The fourth-order valence-corrected chi connectivity index (χ4v) is 1.79. The second-order valence-corrected chi connectivity index (χ2v) is 4.60. The highest BCUT2D eigenvalue weighted by Crippen LogP contribution is 2.23. The topological polar surface area (TPSA) is 48.4 Å². The number of ketones is 1. The van der Waals surface area contributed by atoms with Gasteiger partial charge in [0.2, 0.25) is 0 Å². The van der Waals surface area contributed by atoms with E-state index < -0.39 is 5.60 Å². The van der Waals surface area contributed by atoms with Crippen molar-refractivity contribution in [2.45, 2.75) is 46.1 Å². The summed E-state index contributed by atoms with van der Waals surface area (Å²) in [6.07, 6.45) is 4.73. The Morgan fingerprint density at radius 1 is 1.32 bits per heavy atom. The molecule has 0 aromatic carbocycles. The molecule has 0 aliphatic rings. The molecule has 0 amide bonds. The van der Waals surface area contributed by atoms with Gasteiger partial charge < -0.3 is 9.47 Å². The number of Topliss-reactive ketones (excluding diaryl/α,β-unsaturated/α-hetero) is 1. The van der Waals surface area contributed by atoms with Crippen LogP contribution in [0.15, 0.2) is 18.5 Å². The summed E-state index contributed by atoms with van der Waals surface area (Å²) in [6.45, 7) is 8.81. The van der Waals surface area contributed by atoms with Gasteiger partial charge in [-0.3, -0.25) is 9.78 Å². The van der Waals surface area contributed by atoms with Crippen molar-refractivity contribution in [1.82, 2.24) is 4.98 Å². The van der Waals surface area contributed by atoms with Crippen molar-refractivity contribution in [3.05, 3.63) is 24.0 Å². The first-order valence-corrected chi connectivity index (χ1v) is 6.84. The zero-order valence-electron chi connectivity index (χ0n) is 12.2. The van der Waals surface area contributed by atoms with Gasteiger partial charge in [-0.2, -0.15) is 0 Å². The van der Waals surface area contributed by atoms with E-state index in [0.717, 1.165) is 6.42 Å². The molecule has 1 rings (SSSR count). The Bertz CT molecular complexity index is 420. The van der Waals surface area contributed by atoms with Crippen LogP contribution in [0.2, 0.25) is 0 Å². The minimum Gasteiger partial charge on any atom is -0.492 e. The second kappa shape index (κ2) is 7.24. The third kappa shape index (κ3) is 4.03. The van der Waals surface area contributed by atoms with Gasteiger partial charge >= 0.3 is 0 Å². The number of carbonyl (C=O) groups excluding carboxylic acids is 1. The van der Waals surface area contributed by atoms with E-state index in [1.165, 1.54) is 0 Å². The molecule has 1 unspecified atom stereocenters. The van der Waals surface area contributed by atoms with Gasteiger partial charge in [-0.15, -0.1) is 0 Å². The smallest absolute Gasteiger partial charge is 0.195 e. The predicted molar refractivity (Wildman–Crippen MR) is 74.7 cm³/mol. The maximum absolute atomic E-state index is 12.5. The zero-order valence-corrected chi connectivity index (χ0v) is 12.2. The molecule has 1 aromatic rings. The lowest BCUT2D eigenvalue weighted by Crippen LogP contribution is -2.38. The fraction of sp³-hybridized carbons (Fsp3) is 0.600. The molecule has 0 spiro atoms. The summed E-state index contributed by atoms with van der Waals surface area (Å²) in [5.41, 5.74) is -0.258. The van der Waals surface area contributed by atoms with Crippen molar-refractivity contribution in [3.63, 3.8) is 0 Å². The van der Waals surface area contributed by atoms with Crippen LogP contribution in [0.5, 0.6) is 5.75 Å². The van der Waals surface area contributed by atoms with E-state index in [-0.39, 0.29) is 5.78 Å². The number of ether oxygens (including phenoxy) is 2. The van der Waals surface area contributed by atoms with Crippen molar-refractivity contribution in [2.24, 2.45) is 0 Å². The lowest BCUT2D eigenvalue weighted by Gasteiger charge is -2.26. The molecular weight excluding hydrogens is 242 g/mol. The third-order valence-electron chi connectivity index (χ3n) is 3.07. The molecule has 0 aliphatic carbocycles. The minimum atomic E-state index is -0.792. The van der Waals surface area contributed by atoms with Gasteiger partial charge in [0, 0.05) is 18.4 Å². The molecule has 19 heavy (non-hydrogen) atoms. The average Bonchev–Trinajstić information content (AvgIpc) is 2.44. The van der Waals surface area contributed by atoms with Gasteiger partial charge in [0.1, 0.15) is 11.4 Å². The predicted octanol–water partition coefficient (Wildman–Crippen LogP) is 3.26. The maximum Gasteiger partial charge on any atom is 0.195 e. The molecular formula is C15H23NO3. The molecule has 0 saturated heterocycles. The summed E-state index contributed by atoms with van der Waals surface area (Å²) in [5.74, 6) is 0.578. The Morgan fingerprint density at radius 3 is 2.63 bits per heavy atom. The molecule has 0 fully saturated rings. The minimum absolute atomic E-state index is 0.0497. The van der Waals surface area contributed by atoms with Crippen LogP contribution in [-0.2, 0) is 4.74 Å². The van der Waals surface area contributed by atoms with Crippen molar-refractivity contribution < 1.29 is 14.3 Å². The highest BCUT2D eigenvalue weighted by Gasteiger charge is 2.33. The zero-order chi connectivity index (χ0) is 14.3. The summed E-state index contributed by atoms with van der Waals surface area (Å²) in [7, 11) is 0. The van der Waals surface area contributed by atoms with E-state index in [1.807, 2.05) is 27.7 Å². The van der Waals surface area contributed by atoms with Crippen LogP contribution in [0.4, 0.5) is 0 Å². The average molecular weight is 265 g/mol. The molecule has 0 saturated carbocycles. The van der Waals surface area contributed by atoms with Crippen LogP contribution in [0.1, 0.15) is 50.9 Å². The Hall–Kier alpha value is -1.42. The van der Waals surface area contributed by atoms with Crippen molar-refractivity contribution in [3.8, 4) is 5.75 Å². The van der Waals surface area contributed by atoms with Gasteiger partial charge in [0.05, 0.1) is 12.8 Å². The van der Waals surface area contributed by atoms with E-state index >= 15 is 0 Å². The van der Waals surface area contributed by atoms with Gasteiger partial charge in [0.25, 0.3) is 0 Å². The quantitative estimate of drug-likeness (QED) is 0.677. The summed E-state index contributed by atoms with van der Waals surface area (Å²) in [6, 6.07) is 1.73. The monoisotopic (exact) mass is 265 g/mol. The van der Waals surface area contributed by atoms with Gasteiger partial charge in [-0.05, 0) is 32.8 Å². The van der Waals surface area contributed by atoms with E-state index in [2.05, 4.69) is 4.98 Å². The Kier molecular flexibility index (Phi) is 5.96. The number of nitrogens with zero attached hydrogens (tertiary/aromatic N) is 1. The Morgan fingerprint density at radius 2 is 2.05 bits per heavy atom. The van der Waals surface area contributed by atoms with Crippen molar-refractivity contribution in [2.75, 3.05) is 13.2 Å². The number of carbonyl (C=O) groups is 1. The van der Waals surface area contributed by atoms with Crippen LogP contribution in [0.3, 0.4) is 0 Å². The Balaban J connectivity index is 2.92. The second-order valence-electron chi connectivity index (χ2n) is 4.60. The number of rotatable bonds is 8. The summed E-state index contributed by atoms with van der Waals surface area (Å²) >= 11 is 0. The summed E-state index contributed by atoms with van der Waals surface area (Å²) in [5, 5.41) is 0. The van der Waals surface area contributed by atoms with Crippen LogP contribution in [0.25, 0.3) is 0 Å². The molecule has 1 atom stereocenters. The number of pyridine rings is 1. The van der Waals surface area contributed by atoms with Gasteiger partial charge in [-0.25, -0.2) is 0 Å². The normalized spacial score (nSPS) is 13.9. The summed E-state index contributed by atoms with van der Waals surface area (Å²) < 4.78 is 11.1. The van der Waals surface area contributed by atoms with Crippen molar-refractivity contribution in [1.29, 1.82) is 0 Å². The summed E-state index contributed by atoms with van der Waals surface area (Å²) in [4.78, 5) is 16.6. The molecule has 4 nitrogen and oxygen atoms in total. The molecule has 4 heteroatoms. The van der Waals surface area contributed by atoms with Crippen LogP contribution >= 0.6 is 0 Å². The lowest BCUT2D eigenvalue weighted by atomic mass is 9.93. The van der Waals surface area contributed by atoms with E-state index in [1.54, 1.807) is 18.5 Å². The van der Waals surface area contributed by atoms with Crippen LogP contribution in [-0.4, -0.2) is 29.6 Å². The van der Waals surface area contributed by atoms with Crippen molar-refractivity contribution >= 4 is 5.78 Å². The van der Waals surface area contributed by atoms with E-state index in [9.17, 15) is 4.79 Å². The van der Waals surface area contributed by atoms with Crippen LogP contribution < -0.4 is 4.74 Å². The first-order chi connectivity index (χ1) is 9.07. The van der Waals surface area contributed by atoms with E-state index in [4.69, 9.17) is 9.47 Å². The fourth-order valence-electron chi connectivity index (χ4n) is 1.79. The molecule has 0 N–H and O–H groups in total. The maximum atomic E-state index is 12.5. The van der Waals surface area contributed by atoms with Crippen LogP contribution in [0, 0.1) is 0 Å². The molecule has 106 valence electrons. The molecule has 0 radical (unpaired) electrons. The third-order valence-corrected chi connectivity index (χ3v) is 3.07. The van der Waals surface area contributed by atoms with Gasteiger partial charge in [-0.1, -0.05) is 13.8 Å². The number of hydrogen-bond donors (Lipinski definition) is 0. The lowest BCUT2D eigenvalue weighted by molar-refractivity contribution is -0.0116. The van der Waals surface area contributed by atoms with E-state index in [0.29, 0.717) is 30.9 Å². The highest BCUT2D eigenvalue weighted by molar-refractivity contribution is 6.02. The Labute approximate surface area is 115 Å². The number of hydrogen-bond acceptors (Lipinski definition) is 4. The number of aromatic nitrogens is 1. The largest absolute Gasteiger partial charge is 0.492 e. The first kappa shape index (κ1) is 15.6. The van der Waals surface area contributed by atoms with Gasteiger partial charge in [0.15, 0.2) is 5.78 Å². The SMILES string of the molecule is CCCOc1cncc(C(=O)C(C)(CC)OCC)c1. The molecule has 1 heterocycles. The molecule has 0 bridgehead atoms.